The smallest absolute Gasteiger partial charge is 0.166 e. The number of allylic oxidation sites excluding steroid dienone is 1. The topological polar surface area (TPSA) is 12.2 Å². The molecule has 0 unspecified atom stereocenters. The van der Waals surface area contributed by atoms with Crippen molar-refractivity contribution < 1.29 is 9.31 Å². The summed E-state index contributed by atoms with van der Waals surface area (Å²) in [5.74, 6) is 1.95. The molecule has 1 aromatic carbocycles. The van der Waals surface area contributed by atoms with Gasteiger partial charge in [0.2, 0.25) is 0 Å². The molecule has 0 saturated heterocycles. The zero-order valence-electron chi connectivity index (χ0n) is 8.31. The minimum atomic E-state index is 0.914. The van der Waals surface area contributed by atoms with Crippen molar-refractivity contribution in [2.45, 2.75) is 6.42 Å². The van der Waals surface area contributed by atoms with Crippen LogP contribution in [0.25, 0.3) is 0 Å². The summed E-state index contributed by atoms with van der Waals surface area (Å²) < 4.78 is 7.86. The van der Waals surface area contributed by atoms with Crippen molar-refractivity contribution in [3.8, 4) is 5.75 Å². The predicted octanol–water partition coefficient (Wildman–Crippen LogP) is 2.07. The Morgan fingerprint density at radius 2 is 2.00 bits per heavy atom. The molecule has 2 rings (SSSR count). The Hall–Kier alpha value is -1.57. The maximum absolute atomic E-state index is 5.71. The predicted molar refractivity (Wildman–Crippen MR) is 56.9 cm³/mol. The molecular weight excluding hydrogens is 174 g/mol. The molecule has 0 atom stereocenters. The van der Waals surface area contributed by atoms with E-state index in [1.807, 2.05) is 42.6 Å². The maximum Gasteiger partial charge on any atom is 0.166 e. The summed E-state index contributed by atoms with van der Waals surface area (Å²) in [6.45, 7) is 1.03. The van der Waals surface area contributed by atoms with Crippen LogP contribution in [0.1, 0.15) is 6.42 Å². The fourth-order valence-corrected chi connectivity index (χ4v) is 1.38. The summed E-state index contributed by atoms with van der Waals surface area (Å²) in [7, 11) is 2.07. The fraction of sp³-hybridized carbons (Fsp3) is 0.250. The van der Waals surface area contributed by atoms with Crippen LogP contribution in [0.5, 0.6) is 5.75 Å². The van der Waals surface area contributed by atoms with E-state index in [-0.39, 0.29) is 0 Å². The highest BCUT2D eigenvalue weighted by molar-refractivity contribution is 5.67. The zero-order chi connectivity index (χ0) is 9.80. The van der Waals surface area contributed by atoms with Crippen LogP contribution in [0.15, 0.2) is 42.2 Å². The average Bonchev–Trinajstić information content (AvgIpc) is 2.23. The number of ether oxygens (including phenoxy) is 1. The van der Waals surface area contributed by atoms with Gasteiger partial charge in [-0.3, -0.25) is 0 Å². The Bertz CT molecular complexity index is 365. The molecule has 0 fully saturated rings. The van der Waals surface area contributed by atoms with Crippen LogP contribution in [-0.4, -0.2) is 24.4 Å². The molecule has 1 aliphatic rings. The molecule has 0 amide bonds. The van der Waals surface area contributed by atoms with Crippen LogP contribution in [0.3, 0.4) is 0 Å². The molecule has 2 heteroatoms. The highest BCUT2D eigenvalue weighted by Crippen LogP contribution is 2.15. The van der Waals surface area contributed by atoms with Crippen LogP contribution in [0.2, 0.25) is 0 Å². The fourth-order valence-electron chi connectivity index (χ4n) is 1.38. The molecule has 1 aliphatic heterocycles. The lowest BCUT2D eigenvalue weighted by Gasteiger charge is -2.10. The van der Waals surface area contributed by atoms with Crippen molar-refractivity contribution in [1.82, 2.24) is 0 Å². The Balaban J connectivity index is 2.06. The second-order valence-electron chi connectivity index (χ2n) is 3.43. The van der Waals surface area contributed by atoms with E-state index in [0.717, 1.165) is 24.5 Å². The SMILES string of the molecule is C[N+]1=CC=C(Oc2ccccc2)CC1. The second kappa shape index (κ2) is 4.09. The van der Waals surface area contributed by atoms with Crippen LogP contribution in [-0.2, 0) is 0 Å². The summed E-state index contributed by atoms with van der Waals surface area (Å²) in [6.07, 6.45) is 5.04. The Kier molecular flexibility index (Phi) is 2.63. The largest absolute Gasteiger partial charge is 0.461 e. The van der Waals surface area contributed by atoms with E-state index in [1.165, 1.54) is 0 Å². The van der Waals surface area contributed by atoms with Gasteiger partial charge in [-0.15, -0.1) is 0 Å². The van der Waals surface area contributed by atoms with Gasteiger partial charge in [-0.25, -0.2) is 4.58 Å². The van der Waals surface area contributed by atoms with E-state index in [4.69, 9.17) is 4.74 Å². The Morgan fingerprint density at radius 3 is 2.64 bits per heavy atom. The zero-order valence-corrected chi connectivity index (χ0v) is 8.31. The van der Waals surface area contributed by atoms with Crippen molar-refractivity contribution in [3.63, 3.8) is 0 Å². The van der Waals surface area contributed by atoms with Crippen LogP contribution < -0.4 is 4.74 Å². The van der Waals surface area contributed by atoms with E-state index in [1.54, 1.807) is 0 Å². The third kappa shape index (κ3) is 2.22. The number of hydrogen-bond acceptors (Lipinski definition) is 1. The molecule has 1 heterocycles. The molecule has 0 N–H and O–H groups in total. The van der Waals surface area contributed by atoms with Gasteiger partial charge in [0.25, 0.3) is 0 Å². The van der Waals surface area contributed by atoms with Gasteiger partial charge in [0.15, 0.2) is 6.21 Å². The summed E-state index contributed by atoms with van der Waals surface area (Å²) in [5, 5.41) is 0. The van der Waals surface area contributed by atoms with Gasteiger partial charge in [-0.2, -0.15) is 0 Å². The lowest BCUT2D eigenvalue weighted by molar-refractivity contribution is -0.493. The molecule has 0 aromatic heterocycles. The molecule has 0 radical (unpaired) electrons. The van der Waals surface area contributed by atoms with Crippen LogP contribution in [0, 0.1) is 0 Å². The average molecular weight is 188 g/mol. The summed E-state index contributed by atoms with van der Waals surface area (Å²) >= 11 is 0. The number of nitrogens with zero attached hydrogens (tertiary/aromatic N) is 1. The standard InChI is InChI=1S/C12H14NO/c1-13-9-7-12(8-10-13)14-11-5-3-2-4-6-11/h2-7,9H,8,10H2,1H3/q+1. The van der Waals surface area contributed by atoms with Crippen molar-refractivity contribution in [1.29, 1.82) is 0 Å². The first-order chi connectivity index (χ1) is 6.84. The minimum absolute atomic E-state index is 0.914. The second-order valence-corrected chi connectivity index (χ2v) is 3.43. The van der Waals surface area contributed by atoms with E-state index >= 15 is 0 Å². The molecule has 0 bridgehead atoms. The maximum atomic E-state index is 5.71. The van der Waals surface area contributed by atoms with Crippen LogP contribution >= 0.6 is 0 Å². The highest BCUT2D eigenvalue weighted by atomic mass is 16.5. The first kappa shape index (κ1) is 9.00. The van der Waals surface area contributed by atoms with Crippen molar-refractivity contribution in [2.75, 3.05) is 13.6 Å². The number of rotatable bonds is 2. The molecule has 72 valence electrons. The quantitative estimate of drug-likeness (QED) is 0.647. The Labute approximate surface area is 84.1 Å². The van der Waals surface area contributed by atoms with Crippen molar-refractivity contribution >= 4 is 6.21 Å². The summed E-state index contributed by atoms with van der Waals surface area (Å²) in [5.41, 5.74) is 0. The summed E-state index contributed by atoms with van der Waals surface area (Å²) in [6, 6.07) is 9.89. The molecule has 0 spiro atoms. The van der Waals surface area contributed by atoms with Gasteiger partial charge >= 0.3 is 0 Å². The third-order valence-electron chi connectivity index (χ3n) is 2.22. The molecule has 0 aliphatic carbocycles. The van der Waals surface area contributed by atoms with Gasteiger partial charge < -0.3 is 4.74 Å². The molecule has 14 heavy (non-hydrogen) atoms. The molecule has 1 aromatic rings. The number of para-hydroxylation sites is 1. The monoisotopic (exact) mass is 188 g/mol. The third-order valence-corrected chi connectivity index (χ3v) is 2.22. The van der Waals surface area contributed by atoms with Gasteiger partial charge in [0.05, 0.1) is 6.42 Å². The van der Waals surface area contributed by atoms with Gasteiger partial charge in [-0.05, 0) is 12.1 Å². The highest BCUT2D eigenvalue weighted by Gasteiger charge is 2.08. The van der Waals surface area contributed by atoms with E-state index in [0.29, 0.717) is 0 Å². The number of hydrogen-bond donors (Lipinski definition) is 0. The van der Waals surface area contributed by atoms with Crippen molar-refractivity contribution in [3.05, 3.63) is 42.2 Å². The van der Waals surface area contributed by atoms with E-state index in [9.17, 15) is 0 Å². The Morgan fingerprint density at radius 1 is 1.21 bits per heavy atom. The normalized spacial score (nSPS) is 15.8. The van der Waals surface area contributed by atoms with E-state index < -0.39 is 0 Å². The molecule has 2 nitrogen and oxygen atoms in total. The molecule has 0 saturated carbocycles. The summed E-state index contributed by atoms with van der Waals surface area (Å²) in [4.78, 5) is 0. The number of benzene rings is 1. The lowest BCUT2D eigenvalue weighted by Crippen LogP contribution is -2.15. The first-order valence-corrected chi connectivity index (χ1v) is 4.82. The van der Waals surface area contributed by atoms with Gasteiger partial charge in [0.1, 0.15) is 25.1 Å². The van der Waals surface area contributed by atoms with Gasteiger partial charge in [0, 0.05) is 6.08 Å². The van der Waals surface area contributed by atoms with Crippen molar-refractivity contribution in [2.24, 2.45) is 0 Å². The minimum Gasteiger partial charge on any atom is -0.461 e. The van der Waals surface area contributed by atoms with Crippen LogP contribution in [0.4, 0.5) is 0 Å². The first-order valence-electron chi connectivity index (χ1n) is 4.82. The van der Waals surface area contributed by atoms with E-state index in [2.05, 4.69) is 11.6 Å². The molecular formula is C12H14NO+. The van der Waals surface area contributed by atoms with Gasteiger partial charge in [-0.1, -0.05) is 18.2 Å². The lowest BCUT2D eigenvalue weighted by atomic mass is 10.2.